The van der Waals surface area contributed by atoms with E-state index in [0.29, 0.717) is 24.1 Å². The number of hydrogen-bond donors (Lipinski definition) is 2. The maximum absolute atomic E-state index is 14.8. The molecule has 2 N–H and O–H groups in total. The van der Waals surface area contributed by atoms with Crippen molar-refractivity contribution >= 4 is 32.5 Å². The highest BCUT2D eigenvalue weighted by Crippen LogP contribution is 2.24. The summed E-state index contributed by atoms with van der Waals surface area (Å²) in [6.45, 7) is 3.59. The van der Waals surface area contributed by atoms with Crippen LogP contribution >= 0.6 is 0 Å². The molecule has 29 heavy (non-hydrogen) atoms. The van der Waals surface area contributed by atoms with E-state index in [2.05, 4.69) is 19.9 Å². The Hall–Kier alpha value is -2.88. The van der Waals surface area contributed by atoms with Crippen LogP contribution in [0, 0.1) is 11.6 Å². The highest BCUT2D eigenvalue weighted by Gasteiger charge is 2.23. The molecule has 0 bridgehead atoms. The van der Waals surface area contributed by atoms with Crippen molar-refractivity contribution < 1.29 is 22.0 Å². The monoisotopic (exact) mass is 422 g/mol. The van der Waals surface area contributed by atoms with Crippen LogP contribution in [0.3, 0.4) is 0 Å². The number of benzene rings is 1. The van der Waals surface area contributed by atoms with Crippen LogP contribution in [0.1, 0.15) is 41.9 Å². The number of halogens is 2. The number of sulfonamides is 1. The number of ketones is 1. The molecule has 2 heterocycles. The first-order valence-corrected chi connectivity index (χ1v) is 10.7. The molecule has 1 aromatic carbocycles. The van der Waals surface area contributed by atoms with Gasteiger partial charge in [-0.15, -0.1) is 0 Å². The van der Waals surface area contributed by atoms with Crippen molar-refractivity contribution in [3.63, 3.8) is 0 Å². The highest BCUT2D eigenvalue weighted by atomic mass is 32.2. The standard InChI is InChI=1S/C19H20F2N4O3S/c1-3-7-29(27,28)25-15-6-5-13(20)17(18(15)21)16(26)9-11-8-12-14(4-2)23-24-19(12)22-10-11/h5-6,8,10,25H,3-4,7,9H2,1-2H3,(H,22,23,24). The number of aryl methyl sites for hydroxylation is 1. The Balaban J connectivity index is 1.92. The van der Waals surface area contributed by atoms with Crippen LogP contribution in [0.5, 0.6) is 0 Å². The summed E-state index contributed by atoms with van der Waals surface area (Å²) in [5.74, 6) is -3.33. The van der Waals surface area contributed by atoms with E-state index in [-0.39, 0.29) is 12.2 Å². The Labute approximate surface area is 166 Å². The Bertz CT molecular complexity index is 1180. The lowest BCUT2D eigenvalue weighted by Gasteiger charge is -2.11. The first-order chi connectivity index (χ1) is 13.8. The van der Waals surface area contributed by atoms with E-state index in [0.717, 1.165) is 23.2 Å². The molecule has 0 fully saturated rings. The Morgan fingerprint density at radius 3 is 2.69 bits per heavy atom. The normalized spacial score (nSPS) is 11.7. The number of anilines is 1. The van der Waals surface area contributed by atoms with Crippen molar-refractivity contribution in [2.75, 3.05) is 10.5 Å². The second-order valence-corrected chi connectivity index (χ2v) is 8.42. The summed E-state index contributed by atoms with van der Waals surface area (Å²) in [7, 11) is -3.79. The van der Waals surface area contributed by atoms with Gasteiger partial charge in [-0.1, -0.05) is 13.8 Å². The molecule has 3 rings (SSSR count). The number of aromatic nitrogens is 3. The fourth-order valence-corrected chi connectivity index (χ4v) is 4.14. The second kappa shape index (κ2) is 8.24. The van der Waals surface area contributed by atoms with E-state index in [9.17, 15) is 22.0 Å². The Kier molecular flexibility index (Phi) is 5.92. The van der Waals surface area contributed by atoms with Crippen molar-refractivity contribution in [2.24, 2.45) is 0 Å². The van der Waals surface area contributed by atoms with E-state index in [1.807, 2.05) is 6.92 Å². The van der Waals surface area contributed by atoms with Crippen LogP contribution < -0.4 is 4.72 Å². The summed E-state index contributed by atoms with van der Waals surface area (Å²) in [5.41, 5.74) is 0.549. The zero-order chi connectivity index (χ0) is 21.2. The molecule has 0 aliphatic heterocycles. The fraction of sp³-hybridized carbons (Fsp3) is 0.316. The van der Waals surface area contributed by atoms with Gasteiger partial charge in [-0.05, 0) is 36.6 Å². The minimum absolute atomic E-state index is 0.219. The summed E-state index contributed by atoms with van der Waals surface area (Å²) >= 11 is 0. The third-order valence-corrected chi connectivity index (χ3v) is 5.85. The molecule has 0 spiro atoms. The molecule has 0 saturated carbocycles. The largest absolute Gasteiger partial charge is 0.294 e. The predicted octanol–water partition coefficient (Wildman–Crippen LogP) is 3.38. The van der Waals surface area contributed by atoms with E-state index in [4.69, 9.17) is 0 Å². The molecule has 0 aliphatic carbocycles. The number of carbonyl (C=O) groups is 1. The maximum atomic E-state index is 14.8. The minimum atomic E-state index is -3.79. The Morgan fingerprint density at radius 1 is 1.24 bits per heavy atom. The van der Waals surface area contributed by atoms with Crippen molar-refractivity contribution in [3.05, 3.63) is 52.9 Å². The summed E-state index contributed by atoms with van der Waals surface area (Å²) in [4.78, 5) is 16.8. The lowest BCUT2D eigenvalue weighted by atomic mass is 10.0. The van der Waals surface area contributed by atoms with Gasteiger partial charge in [0.05, 0.1) is 17.0 Å². The quantitative estimate of drug-likeness (QED) is 0.542. The third kappa shape index (κ3) is 4.42. The van der Waals surface area contributed by atoms with Crippen LogP contribution in [0.25, 0.3) is 11.0 Å². The fourth-order valence-electron chi connectivity index (χ4n) is 3.01. The zero-order valence-electron chi connectivity index (χ0n) is 15.9. The minimum Gasteiger partial charge on any atom is -0.294 e. The number of nitrogens with one attached hydrogen (secondary N) is 2. The van der Waals surface area contributed by atoms with Gasteiger partial charge in [-0.3, -0.25) is 14.6 Å². The number of hydrogen-bond acceptors (Lipinski definition) is 5. The van der Waals surface area contributed by atoms with Crippen molar-refractivity contribution in [3.8, 4) is 0 Å². The van der Waals surface area contributed by atoms with Crippen LogP contribution in [-0.4, -0.2) is 35.1 Å². The van der Waals surface area contributed by atoms with Gasteiger partial charge in [0.1, 0.15) is 5.82 Å². The molecular weight excluding hydrogens is 402 g/mol. The molecule has 3 aromatic rings. The van der Waals surface area contributed by atoms with Crippen molar-refractivity contribution in [2.45, 2.75) is 33.1 Å². The molecule has 0 saturated heterocycles. The van der Waals surface area contributed by atoms with Gasteiger partial charge in [-0.2, -0.15) is 5.10 Å². The summed E-state index contributed by atoms with van der Waals surface area (Å²) in [6.07, 6.45) is 2.13. The van der Waals surface area contributed by atoms with Crippen LogP contribution in [0.4, 0.5) is 14.5 Å². The van der Waals surface area contributed by atoms with Crippen molar-refractivity contribution in [1.82, 2.24) is 15.2 Å². The van der Waals surface area contributed by atoms with Crippen LogP contribution in [0.2, 0.25) is 0 Å². The van der Waals surface area contributed by atoms with Crippen LogP contribution in [-0.2, 0) is 22.9 Å². The number of fused-ring (bicyclic) bond motifs is 1. The average Bonchev–Trinajstić information content (AvgIpc) is 3.06. The van der Waals surface area contributed by atoms with Gasteiger partial charge in [0.25, 0.3) is 0 Å². The third-order valence-electron chi connectivity index (χ3n) is 4.37. The van der Waals surface area contributed by atoms with E-state index in [1.54, 1.807) is 13.0 Å². The zero-order valence-corrected chi connectivity index (χ0v) is 16.7. The van der Waals surface area contributed by atoms with Gasteiger partial charge in [0.2, 0.25) is 10.0 Å². The molecular formula is C19H20F2N4O3S. The van der Waals surface area contributed by atoms with Gasteiger partial charge >= 0.3 is 0 Å². The van der Waals surface area contributed by atoms with E-state index < -0.39 is 38.7 Å². The molecule has 7 nitrogen and oxygen atoms in total. The summed E-state index contributed by atoms with van der Waals surface area (Å²) in [5, 5.41) is 7.64. The predicted molar refractivity (Wildman–Crippen MR) is 105 cm³/mol. The number of pyridine rings is 1. The summed E-state index contributed by atoms with van der Waals surface area (Å²) < 4.78 is 54.8. The van der Waals surface area contributed by atoms with Crippen molar-refractivity contribution in [1.29, 1.82) is 0 Å². The molecule has 0 amide bonds. The number of aromatic amines is 1. The SMILES string of the molecule is CCCS(=O)(=O)Nc1ccc(F)c(C(=O)Cc2cnc3n[nH]c(CC)c3c2)c1F. The van der Waals surface area contributed by atoms with E-state index >= 15 is 0 Å². The molecule has 2 aromatic heterocycles. The molecule has 0 radical (unpaired) electrons. The maximum Gasteiger partial charge on any atom is 0.232 e. The number of H-pyrrole nitrogens is 1. The van der Waals surface area contributed by atoms with Gasteiger partial charge in [0.15, 0.2) is 17.2 Å². The highest BCUT2D eigenvalue weighted by molar-refractivity contribution is 7.92. The molecule has 154 valence electrons. The summed E-state index contributed by atoms with van der Waals surface area (Å²) in [6, 6.07) is 3.53. The van der Waals surface area contributed by atoms with Crippen LogP contribution in [0.15, 0.2) is 24.4 Å². The Morgan fingerprint density at radius 2 is 2.00 bits per heavy atom. The number of rotatable bonds is 8. The smallest absolute Gasteiger partial charge is 0.232 e. The topological polar surface area (TPSA) is 105 Å². The lowest BCUT2D eigenvalue weighted by Crippen LogP contribution is -2.19. The van der Waals surface area contributed by atoms with Gasteiger partial charge in [-0.25, -0.2) is 22.2 Å². The molecule has 0 atom stereocenters. The molecule has 10 heteroatoms. The number of Topliss-reactive ketones (excluding diaryl/α,β-unsaturated/α-hetero) is 1. The number of nitrogens with zero attached hydrogens (tertiary/aromatic N) is 2. The number of carbonyl (C=O) groups excluding carboxylic acids is 1. The molecule has 0 unspecified atom stereocenters. The van der Waals surface area contributed by atoms with Gasteiger partial charge in [0, 0.05) is 23.7 Å². The van der Waals surface area contributed by atoms with Gasteiger partial charge < -0.3 is 0 Å². The first-order valence-electron chi connectivity index (χ1n) is 9.09. The van der Waals surface area contributed by atoms with E-state index in [1.165, 1.54) is 6.20 Å². The molecule has 0 aliphatic rings. The lowest BCUT2D eigenvalue weighted by molar-refractivity contribution is 0.0985. The second-order valence-electron chi connectivity index (χ2n) is 6.58. The first kappa shape index (κ1) is 20.8. The average molecular weight is 422 g/mol.